The van der Waals surface area contributed by atoms with Gasteiger partial charge in [-0.15, -0.1) is 0 Å². The van der Waals surface area contributed by atoms with E-state index < -0.39 is 0 Å². The van der Waals surface area contributed by atoms with E-state index in [2.05, 4.69) is 123 Å². The quantitative estimate of drug-likeness (QED) is 0.150. The fraction of sp³-hybridized carbons (Fsp3) is 0.238. The summed E-state index contributed by atoms with van der Waals surface area (Å²) in [6, 6.07) is 31.5. The summed E-state index contributed by atoms with van der Waals surface area (Å²) < 4.78 is 16.6. The van der Waals surface area contributed by atoms with Crippen LogP contribution in [0.2, 0.25) is 0 Å². The van der Waals surface area contributed by atoms with E-state index in [0.29, 0.717) is 0 Å². The first-order chi connectivity index (χ1) is 23.4. The van der Waals surface area contributed by atoms with Gasteiger partial charge in [-0.2, -0.15) is 5.10 Å². The van der Waals surface area contributed by atoms with Gasteiger partial charge in [0.2, 0.25) is 0 Å². The van der Waals surface area contributed by atoms with Gasteiger partial charge in [-0.25, -0.2) is 9.67 Å². The standard InChI is InChI=1S/C42H42N4O2/c1-7-12-36-42(41-28(4)14-11-15-29(41)5)38(13-8-2)46(44-36)30-22-27(3)23-33(24-30)48-32-18-19-35-34-16-9-10-17-37(34)45(39(35)25-32)40-26-31(47-6)20-21-43-40/h9-11,14-26H,7-8,12-13H2,1-6H3. The molecule has 0 unspecified atom stereocenters. The van der Waals surface area contributed by atoms with Crippen LogP contribution in [0.25, 0.3) is 44.4 Å². The number of ether oxygens (including phenoxy) is 2. The number of benzene rings is 4. The van der Waals surface area contributed by atoms with E-state index in [1.807, 2.05) is 12.1 Å². The summed E-state index contributed by atoms with van der Waals surface area (Å²) in [7, 11) is 1.68. The number of para-hydroxylation sites is 1. The molecule has 0 bridgehead atoms. The molecule has 6 nitrogen and oxygen atoms in total. The van der Waals surface area contributed by atoms with Crippen LogP contribution in [0.3, 0.4) is 0 Å². The van der Waals surface area contributed by atoms with Gasteiger partial charge in [-0.3, -0.25) is 4.57 Å². The van der Waals surface area contributed by atoms with Crippen molar-refractivity contribution in [3.05, 3.63) is 125 Å². The van der Waals surface area contributed by atoms with Crippen molar-refractivity contribution in [1.82, 2.24) is 19.3 Å². The summed E-state index contributed by atoms with van der Waals surface area (Å²) in [5, 5.41) is 7.60. The van der Waals surface area contributed by atoms with Crippen molar-refractivity contribution >= 4 is 21.8 Å². The zero-order valence-corrected chi connectivity index (χ0v) is 28.7. The Balaban J connectivity index is 1.34. The number of hydrogen-bond donors (Lipinski definition) is 0. The Hall–Kier alpha value is -5.36. The Morgan fingerprint density at radius 1 is 0.667 bits per heavy atom. The highest BCUT2D eigenvalue weighted by Gasteiger charge is 2.23. The highest BCUT2D eigenvalue weighted by atomic mass is 16.5. The first-order valence-electron chi connectivity index (χ1n) is 16.9. The smallest absolute Gasteiger partial charge is 0.141 e. The molecule has 0 fully saturated rings. The molecule has 0 aliphatic heterocycles. The summed E-state index contributed by atoms with van der Waals surface area (Å²) in [4.78, 5) is 4.71. The largest absolute Gasteiger partial charge is 0.497 e. The van der Waals surface area contributed by atoms with Gasteiger partial charge in [-0.05, 0) is 92.3 Å². The minimum atomic E-state index is 0.753. The van der Waals surface area contributed by atoms with Gasteiger partial charge in [0.1, 0.15) is 23.1 Å². The van der Waals surface area contributed by atoms with Gasteiger partial charge >= 0.3 is 0 Å². The first-order valence-corrected chi connectivity index (χ1v) is 16.9. The van der Waals surface area contributed by atoms with E-state index in [9.17, 15) is 0 Å². The molecule has 0 saturated heterocycles. The summed E-state index contributed by atoms with van der Waals surface area (Å²) >= 11 is 0. The second-order valence-electron chi connectivity index (χ2n) is 12.6. The maximum atomic E-state index is 6.67. The highest BCUT2D eigenvalue weighted by Crippen LogP contribution is 2.38. The fourth-order valence-electron chi connectivity index (χ4n) is 7.05. The Labute approximate surface area is 282 Å². The van der Waals surface area contributed by atoms with Crippen molar-refractivity contribution in [3.63, 3.8) is 0 Å². The van der Waals surface area contributed by atoms with Gasteiger partial charge in [0.15, 0.2) is 0 Å². The number of hydrogen-bond acceptors (Lipinski definition) is 4. The number of rotatable bonds is 10. The fourth-order valence-corrected chi connectivity index (χ4v) is 7.05. The van der Waals surface area contributed by atoms with Crippen LogP contribution in [0.5, 0.6) is 17.2 Å². The normalized spacial score (nSPS) is 11.5. The molecule has 0 spiro atoms. The number of aromatic nitrogens is 4. The molecular formula is C42H42N4O2. The Bertz CT molecular complexity index is 2260. The van der Waals surface area contributed by atoms with Crippen LogP contribution >= 0.6 is 0 Å². The van der Waals surface area contributed by atoms with E-state index in [4.69, 9.17) is 19.6 Å². The average molecular weight is 635 g/mol. The monoisotopic (exact) mass is 634 g/mol. The third-order valence-corrected chi connectivity index (χ3v) is 9.10. The van der Waals surface area contributed by atoms with E-state index in [1.165, 1.54) is 27.9 Å². The Morgan fingerprint density at radius 3 is 2.21 bits per heavy atom. The number of nitrogens with zero attached hydrogens (tertiary/aromatic N) is 4. The van der Waals surface area contributed by atoms with E-state index in [0.717, 1.165) is 87.5 Å². The van der Waals surface area contributed by atoms with Crippen molar-refractivity contribution in [1.29, 1.82) is 0 Å². The number of pyridine rings is 1. The summed E-state index contributed by atoms with van der Waals surface area (Å²) in [6.07, 6.45) is 5.71. The van der Waals surface area contributed by atoms with Crippen LogP contribution in [0.1, 0.15) is 54.8 Å². The molecule has 6 heteroatoms. The van der Waals surface area contributed by atoms with Crippen molar-refractivity contribution in [2.45, 2.75) is 60.3 Å². The molecule has 0 radical (unpaired) electrons. The molecule has 0 atom stereocenters. The zero-order valence-electron chi connectivity index (χ0n) is 28.7. The van der Waals surface area contributed by atoms with Crippen LogP contribution in [0.15, 0.2) is 97.2 Å². The van der Waals surface area contributed by atoms with Gasteiger partial charge in [0.05, 0.1) is 35.2 Å². The lowest BCUT2D eigenvalue weighted by atomic mass is 9.91. The Morgan fingerprint density at radius 2 is 1.44 bits per heavy atom. The second kappa shape index (κ2) is 13.0. The molecule has 0 amide bonds. The molecule has 0 aliphatic rings. The molecule has 0 aliphatic carbocycles. The van der Waals surface area contributed by atoms with Crippen molar-refractivity contribution in [3.8, 4) is 39.9 Å². The van der Waals surface area contributed by atoms with Gasteiger partial charge < -0.3 is 9.47 Å². The van der Waals surface area contributed by atoms with E-state index in [-0.39, 0.29) is 0 Å². The van der Waals surface area contributed by atoms with Gasteiger partial charge in [0, 0.05) is 40.7 Å². The molecule has 48 heavy (non-hydrogen) atoms. The maximum absolute atomic E-state index is 6.67. The van der Waals surface area contributed by atoms with Crippen molar-refractivity contribution < 1.29 is 9.47 Å². The number of aryl methyl sites for hydroxylation is 4. The van der Waals surface area contributed by atoms with Crippen molar-refractivity contribution in [2.24, 2.45) is 0 Å². The third kappa shape index (κ3) is 5.62. The van der Waals surface area contributed by atoms with Crippen LogP contribution in [0.4, 0.5) is 0 Å². The summed E-state index contributed by atoms with van der Waals surface area (Å²) in [5.41, 5.74) is 11.8. The van der Waals surface area contributed by atoms with Crippen LogP contribution < -0.4 is 9.47 Å². The Kier molecular flexibility index (Phi) is 8.49. The zero-order chi connectivity index (χ0) is 33.4. The molecule has 0 N–H and O–H groups in total. The predicted molar refractivity (Wildman–Crippen MR) is 196 cm³/mol. The van der Waals surface area contributed by atoms with E-state index in [1.54, 1.807) is 13.3 Å². The SMILES string of the molecule is CCCc1nn(-c2cc(C)cc(Oc3ccc4c5ccccc5n(-c5cc(OC)ccn5)c4c3)c2)c(CCC)c1-c1c(C)cccc1C. The van der Waals surface area contributed by atoms with Crippen LogP contribution in [0, 0.1) is 20.8 Å². The van der Waals surface area contributed by atoms with Crippen LogP contribution in [-0.4, -0.2) is 26.4 Å². The van der Waals surface area contributed by atoms with Gasteiger partial charge in [-0.1, -0.05) is 63.1 Å². The second-order valence-corrected chi connectivity index (χ2v) is 12.6. The molecular weight excluding hydrogens is 592 g/mol. The summed E-state index contributed by atoms with van der Waals surface area (Å²) in [6.45, 7) is 11.0. The highest BCUT2D eigenvalue weighted by molar-refractivity contribution is 6.09. The third-order valence-electron chi connectivity index (χ3n) is 9.10. The number of methoxy groups -OCH3 is 1. The van der Waals surface area contributed by atoms with Gasteiger partial charge in [0.25, 0.3) is 0 Å². The van der Waals surface area contributed by atoms with Crippen molar-refractivity contribution in [2.75, 3.05) is 7.11 Å². The maximum Gasteiger partial charge on any atom is 0.141 e. The first kappa shape index (κ1) is 31.3. The topological polar surface area (TPSA) is 54.1 Å². The lowest BCUT2D eigenvalue weighted by Gasteiger charge is -2.15. The molecule has 0 saturated carbocycles. The molecule has 7 rings (SSSR count). The average Bonchev–Trinajstić information content (AvgIpc) is 3.60. The lowest BCUT2D eigenvalue weighted by molar-refractivity contribution is 0.414. The molecule has 242 valence electrons. The molecule has 4 aromatic carbocycles. The van der Waals surface area contributed by atoms with Crippen LogP contribution in [-0.2, 0) is 12.8 Å². The predicted octanol–water partition coefficient (Wildman–Crippen LogP) is 10.7. The van der Waals surface area contributed by atoms with E-state index >= 15 is 0 Å². The summed E-state index contributed by atoms with van der Waals surface area (Å²) in [5.74, 6) is 3.08. The minimum absolute atomic E-state index is 0.753. The molecule has 3 aromatic heterocycles. The molecule has 3 heterocycles. The number of fused-ring (bicyclic) bond motifs is 3. The molecule has 7 aromatic rings. The lowest BCUT2D eigenvalue weighted by Crippen LogP contribution is -2.04. The minimum Gasteiger partial charge on any atom is -0.497 e.